The Morgan fingerprint density at radius 2 is 1.33 bits per heavy atom. The monoisotopic (exact) mass is 380 g/mol. The molecule has 0 bridgehead atoms. The van der Waals surface area contributed by atoms with E-state index in [1.807, 2.05) is 44.2 Å². The Balaban J connectivity index is 3.07. The van der Waals surface area contributed by atoms with Crippen molar-refractivity contribution >= 4 is 0 Å². The standard InChI is InChI=1S/C23H40O4/c1-5-8-9-10-11-15-18-22(24,21-16-13-12-14-17-21)23(25-4,26-19-6-2)27-20-7-3/h12-14,16-17,24H,5-11,15,18-20H2,1-4H3. The summed E-state index contributed by atoms with van der Waals surface area (Å²) in [5.74, 6) is -1.50. The van der Waals surface area contributed by atoms with E-state index in [4.69, 9.17) is 14.2 Å². The molecule has 0 aliphatic heterocycles. The number of unbranched alkanes of at least 4 members (excludes halogenated alkanes) is 5. The Kier molecular flexibility index (Phi) is 11.8. The van der Waals surface area contributed by atoms with Crippen LogP contribution >= 0.6 is 0 Å². The molecular formula is C23H40O4. The summed E-state index contributed by atoms with van der Waals surface area (Å²) >= 11 is 0. The molecule has 0 amide bonds. The topological polar surface area (TPSA) is 47.9 Å². The van der Waals surface area contributed by atoms with Gasteiger partial charge in [-0.3, -0.25) is 0 Å². The normalized spacial score (nSPS) is 14.3. The molecule has 1 rings (SSSR count). The molecule has 0 fully saturated rings. The van der Waals surface area contributed by atoms with E-state index < -0.39 is 11.6 Å². The highest BCUT2D eigenvalue weighted by Crippen LogP contribution is 2.42. The first-order valence-corrected chi connectivity index (χ1v) is 10.7. The van der Waals surface area contributed by atoms with Gasteiger partial charge in [0.15, 0.2) is 5.60 Å². The zero-order chi connectivity index (χ0) is 20.0. The minimum Gasteiger partial charge on any atom is -0.377 e. The number of rotatable bonds is 16. The van der Waals surface area contributed by atoms with Gasteiger partial charge in [0.2, 0.25) is 0 Å². The van der Waals surface area contributed by atoms with Gasteiger partial charge in [0, 0.05) is 7.11 Å². The molecule has 1 aromatic rings. The quantitative estimate of drug-likeness (QED) is 0.292. The van der Waals surface area contributed by atoms with Crippen molar-refractivity contribution in [1.82, 2.24) is 0 Å². The van der Waals surface area contributed by atoms with Crippen LogP contribution in [0, 0.1) is 0 Å². The molecule has 27 heavy (non-hydrogen) atoms. The van der Waals surface area contributed by atoms with Crippen molar-refractivity contribution in [2.75, 3.05) is 20.3 Å². The maximum absolute atomic E-state index is 11.9. The molecule has 0 radical (unpaired) electrons. The van der Waals surface area contributed by atoms with Crippen LogP contribution in [0.1, 0.15) is 84.1 Å². The fourth-order valence-electron chi connectivity index (χ4n) is 3.39. The van der Waals surface area contributed by atoms with Crippen LogP contribution in [-0.2, 0) is 19.8 Å². The van der Waals surface area contributed by atoms with E-state index in [9.17, 15) is 5.11 Å². The molecule has 0 aliphatic rings. The first-order chi connectivity index (χ1) is 13.1. The molecule has 0 saturated heterocycles. The molecule has 0 aromatic heterocycles. The van der Waals surface area contributed by atoms with Crippen molar-refractivity contribution in [1.29, 1.82) is 0 Å². The Morgan fingerprint density at radius 1 is 0.778 bits per heavy atom. The number of ether oxygens (including phenoxy) is 3. The van der Waals surface area contributed by atoms with Crippen molar-refractivity contribution in [2.24, 2.45) is 0 Å². The highest BCUT2D eigenvalue weighted by molar-refractivity contribution is 5.24. The lowest BCUT2D eigenvalue weighted by atomic mass is 9.85. The average Bonchev–Trinajstić information content (AvgIpc) is 2.71. The summed E-state index contributed by atoms with van der Waals surface area (Å²) < 4.78 is 17.9. The number of aliphatic hydroxyl groups is 1. The summed E-state index contributed by atoms with van der Waals surface area (Å²) in [6.07, 6.45) is 9.08. The third-order valence-electron chi connectivity index (χ3n) is 4.91. The highest BCUT2D eigenvalue weighted by atomic mass is 16.9. The van der Waals surface area contributed by atoms with E-state index in [1.165, 1.54) is 25.7 Å². The van der Waals surface area contributed by atoms with Crippen LogP contribution < -0.4 is 0 Å². The van der Waals surface area contributed by atoms with E-state index in [0.717, 1.165) is 31.2 Å². The zero-order valence-corrected chi connectivity index (χ0v) is 17.8. The minimum absolute atomic E-state index is 0.462. The molecule has 156 valence electrons. The van der Waals surface area contributed by atoms with Gasteiger partial charge in [0.25, 0.3) is 0 Å². The first-order valence-electron chi connectivity index (χ1n) is 10.7. The van der Waals surface area contributed by atoms with Crippen LogP contribution in [0.2, 0.25) is 0 Å². The summed E-state index contributed by atoms with van der Waals surface area (Å²) in [5, 5.41) is 11.9. The summed E-state index contributed by atoms with van der Waals surface area (Å²) in [7, 11) is 1.56. The fraction of sp³-hybridized carbons (Fsp3) is 0.739. The van der Waals surface area contributed by atoms with Crippen molar-refractivity contribution in [3.05, 3.63) is 35.9 Å². The van der Waals surface area contributed by atoms with Gasteiger partial charge in [-0.2, -0.15) is 0 Å². The van der Waals surface area contributed by atoms with Crippen LogP contribution in [0.4, 0.5) is 0 Å². The van der Waals surface area contributed by atoms with Gasteiger partial charge in [-0.25, -0.2) is 0 Å². The van der Waals surface area contributed by atoms with Gasteiger partial charge < -0.3 is 19.3 Å². The van der Waals surface area contributed by atoms with E-state index in [-0.39, 0.29) is 0 Å². The van der Waals surface area contributed by atoms with Gasteiger partial charge in [-0.1, -0.05) is 83.2 Å². The van der Waals surface area contributed by atoms with Crippen LogP contribution in [0.25, 0.3) is 0 Å². The summed E-state index contributed by atoms with van der Waals surface area (Å²) in [6.45, 7) is 7.22. The number of hydrogen-bond acceptors (Lipinski definition) is 4. The zero-order valence-electron chi connectivity index (χ0n) is 17.8. The predicted octanol–water partition coefficient (Wildman–Crippen LogP) is 5.78. The fourth-order valence-corrected chi connectivity index (χ4v) is 3.39. The van der Waals surface area contributed by atoms with Gasteiger partial charge in [0.05, 0.1) is 13.2 Å². The number of methoxy groups -OCH3 is 1. The van der Waals surface area contributed by atoms with E-state index >= 15 is 0 Å². The molecule has 4 heteroatoms. The first kappa shape index (κ1) is 24.1. The van der Waals surface area contributed by atoms with Crippen molar-refractivity contribution in [3.8, 4) is 0 Å². The Morgan fingerprint density at radius 3 is 1.85 bits per heavy atom. The molecular weight excluding hydrogens is 340 g/mol. The van der Waals surface area contributed by atoms with E-state index in [0.29, 0.717) is 19.6 Å². The molecule has 0 saturated carbocycles. The second-order valence-corrected chi connectivity index (χ2v) is 7.20. The second-order valence-electron chi connectivity index (χ2n) is 7.20. The lowest BCUT2D eigenvalue weighted by molar-refractivity contribution is -0.441. The Bertz CT molecular complexity index is 469. The van der Waals surface area contributed by atoms with Crippen LogP contribution in [0.3, 0.4) is 0 Å². The summed E-state index contributed by atoms with van der Waals surface area (Å²) in [6, 6.07) is 9.66. The summed E-state index contributed by atoms with van der Waals surface area (Å²) in [4.78, 5) is 0. The van der Waals surface area contributed by atoms with Crippen molar-refractivity contribution in [3.63, 3.8) is 0 Å². The molecule has 1 atom stereocenters. The molecule has 1 N–H and O–H groups in total. The lowest BCUT2D eigenvalue weighted by Gasteiger charge is -2.45. The molecule has 1 unspecified atom stereocenters. The molecule has 1 aromatic carbocycles. The SMILES string of the molecule is CCCCCCCCC(O)(c1ccccc1)C(OC)(OCCC)OCCC. The molecule has 4 nitrogen and oxygen atoms in total. The second kappa shape index (κ2) is 13.3. The van der Waals surface area contributed by atoms with Crippen LogP contribution in [-0.4, -0.2) is 31.4 Å². The maximum atomic E-state index is 11.9. The minimum atomic E-state index is -1.50. The van der Waals surface area contributed by atoms with Gasteiger partial charge in [-0.05, 0) is 31.2 Å². The predicted molar refractivity (Wildman–Crippen MR) is 111 cm³/mol. The highest BCUT2D eigenvalue weighted by Gasteiger charge is 2.55. The summed E-state index contributed by atoms with van der Waals surface area (Å²) in [5.41, 5.74) is -0.592. The van der Waals surface area contributed by atoms with Crippen LogP contribution in [0.15, 0.2) is 30.3 Å². The van der Waals surface area contributed by atoms with Gasteiger partial charge >= 0.3 is 5.97 Å². The van der Waals surface area contributed by atoms with Crippen molar-refractivity contribution in [2.45, 2.75) is 90.1 Å². The molecule has 0 aliphatic carbocycles. The number of hydrogen-bond donors (Lipinski definition) is 1. The van der Waals surface area contributed by atoms with Crippen LogP contribution in [0.5, 0.6) is 0 Å². The maximum Gasteiger partial charge on any atom is 0.317 e. The van der Waals surface area contributed by atoms with Gasteiger partial charge in [-0.15, -0.1) is 0 Å². The average molecular weight is 381 g/mol. The van der Waals surface area contributed by atoms with E-state index in [2.05, 4.69) is 6.92 Å². The molecule has 0 spiro atoms. The largest absolute Gasteiger partial charge is 0.377 e. The number of benzene rings is 1. The lowest BCUT2D eigenvalue weighted by Crippen LogP contribution is -2.57. The third-order valence-corrected chi connectivity index (χ3v) is 4.91. The van der Waals surface area contributed by atoms with Gasteiger partial charge in [0.1, 0.15) is 0 Å². The van der Waals surface area contributed by atoms with Crippen molar-refractivity contribution < 1.29 is 19.3 Å². The smallest absolute Gasteiger partial charge is 0.317 e. The molecule has 0 heterocycles. The Hall–Kier alpha value is -0.940. The van der Waals surface area contributed by atoms with E-state index in [1.54, 1.807) is 7.11 Å². The Labute approximate surface area is 166 Å². The third kappa shape index (κ3) is 6.86.